The minimum absolute atomic E-state index is 0.00606. The first-order chi connectivity index (χ1) is 13.4. The minimum atomic E-state index is -0.595. The van der Waals surface area contributed by atoms with Gasteiger partial charge in [0.05, 0.1) is 30.6 Å². The van der Waals surface area contributed by atoms with Crippen LogP contribution in [0.2, 0.25) is 0 Å². The maximum atomic E-state index is 15.4. The number of benzene rings is 1. The SMILES string of the molecule is COC(=O)c1cc(C(=NO)c2nccs2)c(F)c(C)c1N1C[C@@H](C)O[C@@H](C)C1. The lowest BCUT2D eigenvalue weighted by molar-refractivity contribution is -0.00538. The number of nitrogens with zero attached hydrogens (tertiary/aromatic N) is 3. The molecule has 0 aliphatic carbocycles. The first-order valence-corrected chi connectivity index (χ1v) is 9.69. The Morgan fingerprint density at radius 1 is 1.39 bits per heavy atom. The zero-order chi connectivity index (χ0) is 20.4. The van der Waals surface area contributed by atoms with Gasteiger partial charge in [-0.05, 0) is 26.8 Å². The second-order valence-corrected chi connectivity index (χ2v) is 7.59. The highest BCUT2D eigenvalue weighted by Crippen LogP contribution is 2.34. The number of carbonyl (C=O) groups excluding carboxylic acids is 1. The van der Waals surface area contributed by atoms with Gasteiger partial charge in [-0.25, -0.2) is 14.2 Å². The van der Waals surface area contributed by atoms with Crippen LogP contribution in [0.5, 0.6) is 0 Å². The first-order valence-electron chi connectivity index (χ1n) is 8.81. The lowest BCUT2D eigenvalue weighted by atomic mass is 9.97. The summed E-state index contributed by atoms with van der Waals surface area (Å²) in [7, 11) is 1.27. The number of thiazole rings is 1. The summed E-state index contributed by atoms with van der Waals surface area (Å²) >= 11 is 1.21. The second-order valence-electron chi connectivity index (χ2n) is 6.70. The summed E-state index contributed by atoms with van der Waals surface area (Å²) in [6.45, 7) is 6.49. The van der Waals surface area contributed by atoms with E-state index in [9.17, 15) is 10.0 Å². The molecule has 1 aliphatic heterocycles. The normalized spacial score (nSPS) is 20.3. The number of aromatic nitrogens is 1. The van der Waals surface area contributed by atoms with Crippen LogP contribution in [0.4, 0.5) is 10.1 Å². The summed E-state index contributed by atoms with van der Waals surface area (Å²) in [6.07, 6.45) is 1.39. The molecule has 7 nitrogen and oxygen atoms in total. The fourth-order valence-electron chi connectivity index (χ4n) is 3.54. The van der Waals surface area contributed by atoms with Gasteiger partial charge in [-0.15, -0.1) is 11.3 Å². The van der Waals surface area contributed by atoms with Gasteiger partial charge in [-0.2, -0.15) is 0 Å². The number of hydrogen-bond donors (Lipinski definition) is 1. The Labute approximate surface area is 166 Å². The number of rotatable bonds is 4. The zero-order valence-electron chi connectivity index (χ0n) is 16.1. The van der Waals surface area contributed by atoms with Crippen molar-refractivity contribution < 1.29 is 23.9 Å². The number of oxime groups is 1. The van der Waals surface area contributed by atoms with E-state index in [1.54, 1.807) is 12.3 Å². The third-order valence-corrected chi connectivity index (χ3v) is 5.38. The van der Waals surface area contributed by atoms with E-state index in [1.165, 1.54) is 30.7 Å². The summed E-state index contributed by atoms with van der Waals surface area (Å²) in [5, 5.41) is 14.8. The van der Waals surface area contributed by atoms with Gasteiger partial charge in [0, 0.05) is 35.8 Å². The number of carbonyl (C=O) groups is 1. The predicted octanol–water partition coefficient (Wildman–Crippen LogP) is 3.22. The Morgan fingerprint density at radius 2 is 2.07 bits per heavy atom. The largest absolute Gasteiger partial charge is 0.465 e. The third-order valence-electron chi connectivity index (χ3n) is 4.60. The maximum Gasteiger partial charge on any atom is 0.340 e. The topological polar surface area (TPSA) is 84.2 Å². The van der Waals surface area contributed by atoms with Crippen molar-refractivity contribution in [3.63, 3.8) is 0 Å². The smallest absolute Gasteiger partial charge is 0.340 e. The van der Waals surface area contributed by atoms with Gasteiger partial charge in [0.15, 0.2) is 0 Å². The molecule has 1 saturated heterocycles. The van der Waals surface area contributed by atoms with Gasteiger partial charge in [0.25, 0.3) is 0 Å². The van der Waals surface area contributed by atoms with Gasteiger partial charge >= 0.3 is 5.97 Å². The molecule has 9 heteroatoms. The first kappa shape index (κ1) is 20.2. The molecule has 0 bridgehead atoms. The van der Waals surface area contributed by atoms with Crippen LogP contribution in [0.1, 0.15) is 40.3 Å². The zero-order valence-corrected chi connectivity index (χ0v) is 16.9. The van der Waals surface area contributed by atoms with Crippen LogP contribution in [-0.2, 0) is 9.47 Å². The lowest BCUT2D eigenvalue weighted by Gasteiger charge is -2.38. The van der Waals surface area contributed by atoms with E-state index in [0.29, 0.717) is 23.8 Å². The van der Waals surface area contributed by atoms with E-state index in [1.807, 2.05) is 18.7 Å². The van der Waals surface area contributed by atoms with E-state index < -0.39 is 11.8 Å². The highest BCUT2D eigenvalue weighted by atomic mass is 32.1. The summed E-state index contributed by atoms with van der Waals surface area (Å²) < 4.78 is 26.1. The van der Waals surface area contributed by atoms with Crippen molar-refractivity contribution in [3.05, 3.63) is 45.2 Å². The Balaban J connectivity index is 2.19. The molecule has 0 amide bonds. The second kappa shape index (κ2) is 8.24. The molecule has 1 aliphatic rings. The molecule has 28 heavy (non-hydrogen) atoms. The minimum Gasteiger partial charge on any atom is -0.465 e. The van der Waals surface area contributed by atoms with Crippen molar-refractivity contribution in [1.29, 1.82) is 0 Å². The lowest BCUT2D eigenvalue weighted by Crippen LogP contribution is -2.46. The van der Waals surface area contributed by atoms with Crippen molar-refractivity contribution in [3.8, 4) is 0 Å². The molecule has 2 aromatic rings. The monoisotopic (exact) mass is 407 g/mol. The van der Waals surface area contributed by atoms with Gasteiger partial charge < -0.3 is 19.6 Å². The Hall–Kier alpha value is -2.52. The third kappa shape index (κ3) is 3.72. The molecule has 3 rings (SSSR count). The standard InChI is InChI=1S/C19H22FN3O4S/c1-10-8-23(9-11(2)27-10)17-12(3)15(20)13(7-14(17)19(24)26-4)16(22-25)18-21-5-6-28-18/h5-7,10-11,25H,8-9H2,1-4H3/t10-,11+. The number of hydrogen-bond acceptors (Lipinski definition) is 8. The number of ether oxygens (including phenoxy) is 2. The van der Waals surface area contributed by atoms with Crippen molar-refractivity contribution >= 4 is 28.7 Å². The van der Waals surface area contributed by atoms with Crippen molar-refractivity contribution in [2.24, 2.45) is 5.16 Å². The molecule has 1 aromatic heterocycles. The number of morpholine rings is 1. The van der Waals surface area contributed by atoms with E-state index in [2.05, 4.69) is 10.1 Å². The van der Waals surface area contributed by atoms with Crippen LogP contribution in [-0.4, -0.2) is 54.3 Å². The van der Waals surface area contributed by atoms with Gasteiger partial charge in [0.2, 0.25) is 0 Å². The van der Waals surface area contributed by atoms with E-state index in [4.69, 9.17) is 9.47 Å². The molecule has 1 fully saturated rings. The van der Waals surface area contributed by atoms with E-state index >= 15 is 4.39 Å². The molecule has 2 atom stereocenters. The number of esters is 1. The van der Waals surface area contributed by atoms with Crippen LogP contribution < -0.4 is 4.90 Å². The Bertz CT molecular complexity index is 891. The highest BCUT2D eigenvalue weighted by molar-refractivity contribution is 7.11. The summed E-state index contributed by atoms with van der Waals surface area (Å²) in [5.41, 5.74) is 0.906. The number of anilines is 1. The quantitative estimate of drug-likeness (QED) is 0.363. The van der Waals surface area contributed by atoms with Crippen molar-refractivity contribution in [1.82, 2.24) is 4.98 Å². The molecule has 0 spiro atoms. The highest BCUT2D eigenvalue weighted by Gasteiger charge is 2.31. The molecule has 0 radical (unpaired) electrons. The Kier molecular flexibility index (Phi) is 5.95. The van der Waals surface area contributed by atoms with Crippen LogP contribution >= 0.6 is 11.3 Å². The average molecular weight is 407 g/mol. The molecular weight excluding hydrogens is 385 g/mol. The van der Waals surface area contributed by atoms with Crippen LogP contribution in [0.3, 0.4) is 0 Å². The van der Waals surface area contributed by atoms with Crippen LogP contribution in [0, 0.1) is 12.7 Å². The summed E-state index contributed by atoms with van der Waals surface area (Å²) in [4.78, 5) is 18.6. The maximum absolute atomic E-state index is 15.4. The number of halogens is 1. The van der Waals surface area contributed by atoms with Crippen molar-refractivity contribution in [2.45, 2.75) is 33.0 Å². The molecular formula is C19H22FN3O4S. The van der Waals surface area contributed by atoms with E-state index in [-0.39, 0.29) is 34.6 Å². The van der Waals surface area contributed by atoms with Gasteiger partial charge in [-0.3, -0.25) is 0 Å². The fraction of sp³-hybridized carbons (Fsp3) is 0.421. The summed E-state index contributed by atoms with van der Waals surface area (Å²) in [5.74, 6) is -1.17. The molecule has 1 aromatic carbocycles. The Morgan fingerprint density at radius 3 is 2.61 bits per heavy atom. The molecule has 0 unspecified atom stereocenters. The summed E-state index contributed by atoms with van der Waals surface area (Å²) in [6, 6.07) is 1.37. The van der Waals surface area contributed by atoms with Gasteiger partial charge in [0.1, 0.15) is 16.5 Å². The molecule has 0 saturated carbocycles. The molecule has 2 heterocycles. The number of methoxy groups -OCH3 is 1. The van der Waals surface area contributed by atoms with Gasteiger partial charge in [-0.1, -0.05) is 5.16 Å². The van der Waals surface area contributed by atoms with Crippen LogP contribution in [0.15, 0.2) is 22.8 Å². The van der Waals surface area contributed by atoms with E-state index in [0.717, 1.165) is 0 Å². The molecule has 1 N–H and O–H groups in total. The van der Waals surface area contributed by atoms with Crippen LogP contribution in [0.25, 0.3) is 0 Å². The predicted molar refractivity (Wildman–Crippen MR) is 104 cm³/mol. The average Bonchev–Trinajstić information content (AvgIpc) is 3.18. The fourth-order valence-corrected chi connectivity index (χ4v) is 4.18. The van der Waals surface area contributed by atoms with Crippen molar-refractivity contribution in [2.75, 3.05) is 25.1 Å². The molecule has 150 valence electrons.